The van der Waals surface area contributed by atoms with Gasteiger partial charge in [-0.25, -0.2) is 0 Å². The molecule has 0 aliphatic carbocycles. The summed E-state index contributed by atoms with van der Waals surface area (Å²) in [5.41, 5.74) is 3.63. The van der Waals surface area contributed by atoms with E-state index < -0.39 is 15.7 Å². The number of hydrazine groups is 1. The van der Waals surface area contributed by atoms with Crippen molar-refractivity contribution in [2.24, 2.45) is 5.84 Å². The van der Waals surface area contributed by atoms with Gasteiger partial charge in [-0.3, -0.25) is 20.2 Å². The molecule has 0 aromatic heterocycles. The lowest BCUT2D eigenvalue weighted by Gasteiger charge is -2.28. The van der Waals surface area contributed by atoms with Crippen molar-refractivity contribution in [3.63, 3.8) is 0 Å². The van der Waals surface area contributed by atoms with Gasteiger partial charge in [-0.2, -0.15) is 0 Å². The van der Waals surface area contributed by atoms with E-state index in [0.717, 1.165) is 5.69 Å². The lowest BCUT2D eigenvalue weighted by molar-refractivity contribution is -0.384. The summed E-state index contributed by atoms with van der Waals surface area (Å²) in [7, 11) is -0.772. The van der Waals surface area contributed by atoms with E-state index in [-0.39, 0.29) is 5.69 Å². The Bertz CT molecular complexity index is 484. The van der Waals surface area contributed by atoms with Gasteiger partial charge in [0.2, 0.25) is 0 Å². The van der Waals surface area contributed by atoms with Crippen LogP contribution in [0.4, 0.5) is 17.1 Å². The lowest BCUT2D eigenvalue weighted by atomic mass is 10.2. The molecule has 3 N–H and O–H groups in total. The molecule has 1 heterocycles. The highest BCUT2D eigenvalue weighted by molar-refractivity contribution is 7.85. The van der Waals surface area contributed by atoms with Gasteiger partial charge in [-0.1, -0.05) is 0 Å². The number of non-ortho nitro benzene ring substituents is 1. The summed E-state index contributed by atoms with van der Waals surface area (Å²) in [6, 6.07) is 4.64. The van der Waals surface area contributed by atoms with Crippen molar-refractivity contribution in [1.82, 2.24) is 0 Å². The van der Waals surface area contributed by atoms with E-state index >= 15 is 0 Å². The van der Waals surface area contributed by atoms with Crippen LogP contribution in [0.15, 0.2) is 18.2 Å². The molecule has 0 radical (unpaired) electrons. The fourth-order valence-corrected chi connectivity index (χ4v) is 2.91. The fraction of sp³-hybridized carbons (Fsp3) is 0.400. The first-order valence-corrected chi connectivity index (χ1v) is 6.95. The topological polar surface area (TPSA) is 102 Å². The molecule has 1 aromatic carbocycles. The van der Waals surface area contributed by atoms with E-state index in [1.807, 2.05) is 4.90 Å². The second-order valence-electron chi connectivity index (χ2n) is 3.97. The second kappa shape index (κ2) is 5.32. The molecule has 0 bridgehead atoms. The van der Waals surface area contributed by atoms with Crippen molar-refractivity contribution in [2.45, 2.75) is 0 Å². The maximum atomic E-state index is 11.3. The predicted molar refractivity (Wildman–Crippen MR) is 71.0 cm³/mol. The Labute approximate surface area is 107 Å². The van der Waals surface area contributed by atoms with Gasteiger partial charge in [0, 0.05) is 53.2 Å². The van der Waals surface area contributed by atoms with Crippen LogP contribution in [0.3, 0.4) is 0 Å². The van der Waals surface area contributed by atoms with Gasteiger partial charge in [0.1, 0.15) is 0 Å². The highest BCUT2D eigenvalue weighted by Gasteiger charge is 2.18. The molecule has 7 nitrogen and oxygen atoms in total. The summed E-state index contributed by atoms with van der Waals surface area (Å²) in [6.45, 7) is 1.27. The molecule has 0 atom stereocenters. The highest BCUT2D eigenvalue weighted by Crippen LogP contribution is 2.27. The monoisotopic (exact) mass is 270 g/mol. The number of hydrogen-bond acceptors (Lipinski definition) is 6. The number of nitrogens with zero attached hydrogens (tertiary/aromatic N) is 2. The average Bonchev–Trinajstić information content (AvgIpc) is 2.39. The van der Waals surface area contributed by atoms with Crippen molar-refractivity contribution in [3.05, 3.63) is 28.3 Å². The first kappa shape index (κ1) is 12.8. The number of rotatable bonds is 3. The molecule has 18 heavy (non-hydrogen) atoms. The van der Waals surface area contributed by atoms with E-state index in [9.17, 15) is 14.3 Å². The minimum absolute atomic E-state index is 0.00727. The quantitative estimate of drug-likeness (QED) is 0.470. The third-order valence-electron chi connectivity index (χ3n) is 2.82. The largest absolute Gasteiger partial charge is 0.369 e. The van der Waals surface area contributed by atoms with Crippen molar-refractivity contribution >= 4 is 27.9 Å². The van der Waals surface area contributed by atoms with Gasteiger partial charge in [-0.15, -0.1) is 0 Å². The molecule has 0 spiro atoms. The minimum atomic E-state index is -0.772. The SMILES string of the molecule is NNc1cc(N2CCS(=O)CC2)cc([N+](=O)[O-])c1. The molecule has 1 saturated heterocycles. The molecule has 0 amide bonds. The smallest absolute Gasteiger partial charge is 0.273 e. The standard InChI is InChI=1S/C10H14N4O3S/c11-12-8-5-9(7-10(6-8)14(15)16)13-1-3-18(17)4-2-13/h5-7,12H,1-4,11H2. The van der Waals surface area contributed by atoms with E-state index in [1.54, 1.807) is 6.07 Å². The third kappa shape index (κ3) is 2.77. The summed E-state index contributed by atoms with van der Waals surface area (Å²) in [4.78, 5) is 12.4. The Morgan fingerprint density at radius 2 is 2.00 bits per heavy atom. The van der Waals surface area contributed by atoms with Gasteiger partial charge in [0.25, 0.3) is 5.69 Å². The van der Waals surface area contributed by atoms with Crippen molar-refractivity contribution in [3.8, 4) is 0 Å². The predicted octanol–water partition coefficient (Wildman–Crippen LogP) is 0.449. The Balaban J connectivity index is 2.29. The Morgan fingerprint density at radius 3 is 2.56 bits per heavy atom. The van der Waals surface area contributed by atoms with Crippen LogP contribution in [0.2, 0.25) is 0 Å². The number of nitro benzene ring substituents is 1. The zero-order chi connectivity index (χ0) is 13.1. The zero-order valence-corrected chi connectivity index (χ0v) is 10.5. The fourth-order valence-electron chi connectivity index (χ4n) is 1.86. The van der Waals surface area contributed by atoms with Gasteiger partial charge in [0.15, 0.2) is 0 Å². The van der Waals surface area contributed by atoms with Gasteiger partial charge in [0.05, 0.1) is 10.6 Å². The van der Waals surface area contributed by atoms with E-state index in [0.29, 0.717) is 30.3 Å². The Hall–Kier alpha value is -1.67. The van der Waals surface area contributed by atoms with Crippen molar-refractivity contribution in [1.29, 1.82) is 0 Å². The lowest BCUT2D eigenvalue weighted by Crippen LogP contribution is -2.37. The Morgan fingerprint density at radius 1 is 1.33 bits per heavy atom. The number of nitrogens with two attached hydrogens (primary N) is 1. The van der Waals surface area contributed by atoms with Crippen LogP contribution >= 0.6 is 0 Å². The normalized spacial score (nSPS) is 16.6. The summed E-state index contributed by atoms with van der Waals surface area (Å²) in [6.07, 6.45) is 0. The molecule has 8 heteroatoms. The van der Waals surface area contributed by atoms with Crippen LogP contribution in [0, 0.1) is 10.1 Å². The highest BCUT2D eigenvalue weighted by atomic mass is 32.2. The molecule has 1 aliphatic heterocycles. The van der Waals surface area contributed by atoms with Crippen LogP contribution in [0.25, 0.3) is 0 Å². The van der Waals surface area contributed by atoms with E-state index in [4.69, 9.17) is 5.84 Å². The minimum Gasteiger partial charge on any atom is -0.369 e. The van der Waals surface area contributed by atoms with Crippen molar-refractivity contribution < 1.29 is 9.13 Å². The number of hydrogen-bond donors (Lipinski definition) is 2. The molecule has 2 rings (SSSR count). The Kier molecular flexibility index (Phi) is 3.78. The number of benzene rings is 1. The number of nitrogens with one attached hydrogen (secondary N) is 1. The first-order chi connectivity index (χ1) is 8.60. The third-order valence-corrected chi connectivity index (χ3v) is 4.10. The molecule has 1 fully saturated rings. The molecule has 1 aromatic rings. The summed E-state index contributed by atoms with van der Waals surface area (Å²) in [5, 5.41) is 10.8. The second-order valence-corrected chi connectivity index (χ2v) is 5.67. The molecule has 0 saturated carbocycles. The summed E-state index contributed by atoms with van der Waals surface area (Å²) < 4.78 is 11.3. The number of anilines is 2. The van der Waals surface area contributed by atoms with Crippen LogP contribution in [0.1, 0.15) is 0 Å². The summed E-state index contributed by atoms with van der Waals surface area (Å²) >= 11 is 0. The van der Waals surface area contributed by atoms with Gasteiger partial charge in [-0.05, 0) is 6.07 Å². The zero-order valence-electron chi connectivity index (χ0n) is 9.67. The van der Waals surface area contributed by atoms with Crippen LogP contribution < -0.4 is 16.2 Å². The summed E-state index contributed by atoms with van der Waals surface area (Å²) in [5.74, 6) is 6.48. The van der Waals surface area contributed by atoms with E-state index in [2.05, 4.69) is 5.43 Å². The van der Waals surface area contributed by atoms with Crippen LogP contribution in [-0.2, 0) is 10.8 Å². The first-order valence-electron chi connectivity index (χ1n) is 5.46. The van der Waals surface area contributed by atoms with Gasteiger partial charge >= 0.3 is 0 Å². The molecular formula is C10H14N4O3S. The molecule has 0 unspecified atom stereocenters. The van der Waals surface area contributed by atoms with E-state index in [1.165, 1.54) is 12.1 Å². The number of nitro groups is 1. The average molecular weight is 270 g/mol. The molecule has 1 aliphatic rings. The van der Waals surface area contributed by atoms with Crippen molar-refractivity contribution in [2.75, 3.05) is 34.9 Å². The molecule has 98 valence electrons. The molecular weight excluding hydrogens is 256 g/mol. The van der Waals surface area contributed by atoms with Crippen LogP contribution in [0.5, 0.6) is 0 Å². The maximum Gasteiger partial charge on any atom is 0.273 e. The maximum absolute atomic E-state index is 11.3. The van der Waals surface area contributed by atoms with Crippen LogP contribution in [-0.4, -0.2) is 33.7 Å². The van der Waals surface area contributed by atoms with Gasteiger partial charge < -0.3 is 10.3 Å². The number of nitrogen functional groups attached to an aromatic ring is 1.